The standard InChI is InChI=1S/C56H73ClN10O7S/c1-34-47(75-33-60-34)37-11-9-36(10-12-37)43(32-68)61-50(72)44-25-40(69)30-67(44)51(73)48(54(2,3)4)62-46(70)31-65-23-21-64(22-24-65)19-17-35-18-20-66(29-35)45-16-14-39(28-59-45)49(71)63-52-55(5,6)53(56(52,7)8)74-41-15-13-38(27-58)42(57)26-41/h9-16,26,28,33,35,40,43-44,48,52-53,68-69H,17-25,29-32H2,1-8H3,(H,61,72)(H,62,70)(H,63,71)/t35?,40-,43?,44+,48?,52?,53?/m1/s1. The van der Waals surface area contributed by atoms with E-state index in [4.69, 9.17) is 21.3 Å². The molecule has 75 heavy (non-hydrogen) atoms. The monoisotopic (exact) mass is 1060 g/mol. The number of aliphatic hydroxyl groups excluding tert-OH is 2. The number of benzene rings is 2. The van der Waals surface area contributed by atoms with Gasteiger partial charge in [0, 0.05) is 81.4 Å². The van der Waals surface area contributed by atoms with Gasteiger partial charge in [0.15, 0.2) is 0 Å². The molecule has 0 bridgehead atoms. The van der Waals surface area contributed by atoms with Crippen LogP contribution in [0, 0.1) is 40.4 Å². The Bertz CT molecular complexity index is 2720. The number of halogens is 1. The topological polar surface area (TPSA) is 217 Å². The Balaban J connectivity index is 0.761. The van der Waals surface area contributed by atoms with Crippen molar-refractivity contribution in [3.63, 3.8) is 0 Å². The van der Waals surface area contributed by atoms with Crippen LogP contribution in [-0.2, 0) is 14.4 Å². The van der Waals surface area contributed by atoms with Gasteiger partial charge in [-0.3, -0.25) is 24.1 Å². The number of anilines is 1. The van der Waals surface area contributed by atoms with Crippen molar-refractivity contribution in [2.45, 2.75) is 111 Å². The number of pyridine rings is 1. The van der Waals surface area contributed by atoms with Gasteiger partial charge in [0.1, 0.15) is 35.8 Å². The van der Waals surface area contributed by atoms with E-state index in [1.807, 2.05) is 64.1 Å². The number of aryl methyl sites for hydroxylation is 1. The minimum atomic E-state index is -0.980. The van der Waals surface area contributed by atoms with Crippen LogP contribution in [0.3, 0.4) is 0 Å². The number of thiazole rings is 1. The molecule has 3 saturated heterocycles. The van der Waals surface area contributed by atoms with Crippen molar-refractivity contribution < 1.29 is 34.1 Å². The average Bonchev–Trinajstić information content (AvgIpc) is 4.18. The zero-order valence-electron chi connectivity index (χ0n) is 44.4. The van der Waals surface area contributed by atoms with Crippen molar-refractivity contribution in [1.29, 1.82) is 5.26 Å². The van der Waals surface area contributed by atoms with E-state index in [0.29, 0.717) is 46.5 Å². The fourth-order valence-electron chi connectivity index (χ4n) is 11.8. The molecule has 0 radical (unpaired) electrons. The first kappa shape index (κ1) is 55.5. The van der Waals surface area contributed by atoms with Crippen LogP contribution in [0.2, 0.25) is 5.02 Å². The minimum Gasteiger partial charge on any atom is -0.489 e. The number of nitrogens with zero attached hydrogens (tertiary/aromatic N) is 7. The van der Waals surface area contributed by atoms with E-state index in [2.05, 4.69) is 69.4 Å². The third-order valence-electron chi connectivity index (χ3n) is 15.8. The molecule has 402 valence electrons. The second kappa shape index (κ2) is 22.9. The summed E-state index contributed by atoms with van der Waals surface area (Å²) in [6.07, 6.45) is 2.66. The maximum absolute atomic E-state index is 14.3. The molecule has 4 aliphatic rings. The highest BCUT2D eigenvalue weighted by Crippen LogP contribution is 2.55. The third kappa shape index (κ3) is 12.5. The number of piperazine rings is 1. The van der Waals surface area contributed by atoms with Crippen LogP contribution in [0.4, 0.5) is 5.82 Å². The van der Waals surface area contributed by atoms with E-state index in [1.54, 1.807) is 29.9 Å². The van der Waals surface area contributed by atoms with E-state index >= 15 is 0 Å². The molecule has 4 fully saturated rings. The van der Waals surface area contributed by atoms with Gasteiger partial charge in [-0.2, -0.15) is 5.26 Å². The van der Waals surface area contributed by atoms with Crippen LogP contribution in [0.15, 0.2) is 66.3 Å². The molecule has 2 aromatic carbocycles. The molecule has 0 spiro atoms. The number of ether oxygens (including phenoxy) is 1. The number of likely N-dealkylation sites (tertiary alicyclic amines) is 1. The summed E-state index contributed by atoms with van der Waals surface area (Å²) >= 11 is 7.81. The molecule has 3 aliphatic heterocycles. The van der Waals surface area contributed by atoms with Crippen LogP contribution >= 0.6 is 22.9 Å². The number of aromatic nitrogens is 2. The van der Waals surface area contributed by atoms with Gasteiger partial charge >= 0.3 is 0 Å². The van der Waals surface area contributed by atoms with Crippen LogP contribution in [-0.4, -0.2) is 154 Å². The largest absolute Gasteiger partial charge is 0.489 e. The fourth-order valence-corrected chi connectivity index (χ4v) is 12.8. The number of nitriles is 1. The molecular weight excluding hydrogens is 992 g/mol. The van der Waals surface area contributed by atoms with Crippen molar-refractivity contribution in [1.82, 2.24) is 40.6 Å². The minimum absolute atomic E-state index is 0.0407. The molecule has 4 amide bonds. The SMILES string of the molecule is Cc1ncsc1-c1ccc(C(CO)NC(=O)[C@@H]2C[C@@H](O)CN2C(=O)C(NC(=O)CN2CCN(CCC3CCN(c4ccc(C(=O)NC5C(C)(C)C(Oc6ccc(C#N)c(Cl)c6)C5(C)C)cn4)C3)CC2)C(C)(C)C)cc1. The second-order valence-electron chi connectivity index (χ2n) is 23.1. The zero-order chi connectivity index (χ0) is 54.0. The quantitative estimate of drug-likeness (QED) is 0.0843. The predicted octanol–water partition coefficient (Wildman–Crippen LogP) is 5.83. The van der Waals surface area contributed by atoms with Crippen LogP contribution in [0.5, 0.6) is 5.75 Å². The van der Waals surface area contributed by atoms with E-state index in [1.165, 1.54) is 16.2 Å². The smallest absolute Gasteiger partial charge is 0.253 e. The van der Waals surface area contributed by atoms with E-state index in [9.17, 15) is 34.7 Å². The maximum Gasteiger partial charge on any atom is 0.253 e. The Kier molecular flexibility index (Phi) is 16.9. The summed E-state index contributed by atoms with van der Waals surface area (Å²) in [6, 6.07) is 15.6. The number of hydrogen-bond acceptors (Lipinski definition) is 14. The summed E-state index contributed by atoms with van der Waals surface area (Å²) < 4.78 is 6.39. The summed E-state index contributed by atoms with van der Waals surface area (Å²) in [5.41, 5.74) is 3.82. The van der Waals surface area contributed by atoms with Gasteiger partial charge in [0.2, 0.25) is 17.7 Å². The molecule has 3 unspecified atom stereocenters. The highest BCUT2D eigenvalue weighted by Gasteiger charge is 2.64. The van der Waals surface area contributed by atoms with Gasteiger partial charge in [0.05, 0.1) is 57.5 Å². The van der Waals surface area contributed by atoms with Gasteiger partial charge in [-0.1, -0.05) is 84.3 Å². The lowest BCUT2D eigenvalue weighted by Gasteiger charge is -2.63. The van der Waals surface area contributed by atoms with Crippen molar-refractivity contribution >= 4 is 52.4 Å². The van der Waals surface area contributed by atoms with Gasteiger partial charge in [0.25, 0.3) is 5.91 Å². The number of carbonyl (C=O) groups is 4. The number of hydrogen-bond donors (Lipinski definition) is 5. The summed E-state index contributed by atoms with van der Waals surface area (Å²) in [5, 5.41) is 39.8. The molecule has 4 aromatic rings. The van der Waals surface area contributed by atoms with Gasteiger partial charge in [-0.05, 0) is 73.0 Å². The molecule has 1 saturated carbocycles. The van der Waals surface area contributed by atoms with Crippen molar-refractivity contribution in [2.75, 3.05) is 70.4 Å². The first-order valence-electron chi connectivity index (χ1n) is 26.1. The Morgan fingerprint density at radius 1 is 0.947 bits per heavy atom. The summed E-state index contributed by atoms with van der Waals surface area (Å²) in [5.74, 6) is 0.556. The predicted molar refractivity (Wildman–Crippen MR) is 289 cm³/mol. The van der Waals surface area contributed by atoms with Gasteiger partial charge < -0.3 is 45.6 Å². The van der Waals surface area contributed by atoms with Crippen molar-refractivity contribution in [2.24, 2.45) is 22.2 Å². The summed E-state index contributed by atoms with van der Waals surface area (Å²) in [6.45, 7) is 21.4. The Morgan fingerprint density at radius 2 is 1.65 bits per heavy atom. The van der Waals surface area contributed by atoms with Crippen LogP contribution in [0.1, 0.15) is 101 Å². The Morgan fingerprint density at radius 3 is 2.27 bits per heavy atom. The number of nitrogens with one attached hydrogen (secondary N) is 3. The number of β-amino-alcohol motifs (C(OH)–C–C–N with tert-alkyl or cyclic N) is 1. The first-order valence-corrected chi connectivity index (χ1v) is 27.4. The highest BCUT2D eigenvalue weighted by molar-refractivity contribution is 7.13. The Labute approximate surface area is 450 Å². The van der Waals surface area contributed by atoms with E-state index in [0.717, 1.165) is 67.5 Å². The molecule has 5 N–H and O–H groups in total. The molecule has 17 nitrogen and oxygen atoms in total. The lowest BCUT2D eigenvalue weighted by molar-refractivity contribution is -0.164. The summed E-state index contributed by atoms with van der Waals surface area (Å²) in [4.78, 5) is 73.6. The Hall–Kier alpha value is -5.68. The fraction of sp³-hybridized carbons (Fsp3) is 0.554. The average molecular weight is 1070 g/mol. The van der Waals surface area contributed by atoms with Crippen molar-refractivity contribution in [3.05, 3.63) is 93.7 Å². The molecule has 19 heteroatoms. The lowest BCUT2D eigenvalue weighted by Crippen LogP contribution is -2.74. The van der Waals surface area contributed by atoms with Gasteiger partial charge in [-0.25, -0.2) is 9.97 Å². The molecule has 5 atom stereocenters. The lowest BCUT2D eigenvalue weighted by atomic mass is 9.49. The number of rotatable bonds is 17. The van der Waals surface area contributed by atoms with E-state index in [-0.39, 0.29) is 60.9 Å². The van der Waals surface area contributed by atoms with Crippen molar-refractivity contribution in [3.8, 4) is 22.3 Å². The normalized spacial score (nSPS) is 23.4. The maximum atomic E-state index is 14.3. The number of amides is 4. The second-order valence-corrected chi connectivity index (χ2v) is 24.4. The molecule has 8 rings (SSSR count). The zero-order valence-corrected chi connectivity index (χ0v) is 46.0. The van der Waals surface area contributed by atoms with Gasteiger partial charge in [-0.15, -0.1) is 11.3 Å². The molecule has 1 aliphatic carbocycles. The molecular formula is C56H73ClN10O7S. The molecule has 5 heterocycles. The summed E-state index contributed by atoms with van der Waals surface area (Å²) in [7, 11) is 0. The number of carbonyl (C=O) groups excluding carboxylic acids is 4. The highest BCUT2D eigenvalue weighted by atomic mass is 35.5. The molecule has 2 aromatic heterocycles. The van der Waals surface area contributed by atoms with Crippen LogP contribution < -0.4 is 25.6 Å². The van der Waals surface area contributed by atoms with Crippen LogP contribution in [0.25, 0.3) is 10.4 Å². The number of aliphatic hydroxyl groups is 2. The first-order chi connectivity index (χ1) is 35.6. The van der Waals surface area contributed by atoms with E-state index < -0.39 is 41.5 Å². The third-order valence-corrected chi connectivity index (χ3v) is 17.1.